The highest BCUT2D eigenvalue weighted by Gasteiger charge is 2.36. The molecule has 0 aliphatic rings. The highest BCUT2D eigenvalue weighted by atomic mass is 16.5. The van der Waals surface area contributed by atoms with Gasteiger partial charge in [-0.25, -0.2) is 0 Å². The van der Waals surface area contributed by atoms with Crippen LogP contribution < -0.4 is 15.4 Å². The molecule has 0 aromatic heterocycles. The van der Waals surface area contributed by atoms with E-state index < -0.39 is 5.41 Å². The molecule has 0 radical (unpaired) electrons. The quantitative estimate of drug-likeness (QED) is 0.685. The van der Waals surface area contributed by atoms with E-state index in [4.69, 9.17) is 4.74 Å². The lowest BCUT2D eigenvalue weighted by atomic mass is 9.85. The van der Waals surface area contributed by atoms with E-state index in [9.17, 15) is 9.59 Å². The number of carbonyl (C=O) groups is 2. The zero-order valence-corrected chi connectivity index (χ0v) is 18.3. The number of para-hydroxylation sites is 1. The third kappa shape index (κ3) is 5.83. The molecule has 0 atom stereocenters. The molecule has 2 aromatic carbocycles. The van der Waals surface area contributed by atoms with Crippen LogP contribution in [0, 0.1) is 5.41 Å². The van der Waals surface area contributed by atoms with Crippen LogP contribution in [0.1, 0.15) is 45.7 Å². The summed E-state index contributed by atoms with van der Waals surface area (Å²) >= 11 is 0. The van der Waals surface area contributed by atoms with Crippen molar-refractivity contribution < 1.29 is 14.3 Å². The first kappa shape index (κ1) is 22.5. The maximum Gasteiger partial charge on any atom is 0.239 e. The van der Waals surface area contributed by atoms with Gasteiger partial charge in [-0.1, -0.05) is 51.1 Å². The number of hydrogen-bond donors (Lipinski definition) is 2. The lowest BCUT2D eigenvalue weighted by molar-refractivity contribution is -0.138. The van der Waals surface area contributed by atoms with Gasteiger partial charge in [0, 0.05) is 12.2 Å². The van der Waals surface area contributed by atoms with Gasteiger partial charge >= 0.3 is 0 Å². The van der Waals surface area contributed by atoms with Crippen LogP contribution in [-0.4, -0.2) is 25.5 Å². The lowest BCUT2D eigenvalue weighted by Crippen LogP contribution is -2.45. The number of rotatable bonds is 7. The van der Waals surface area contributed by atoms with Crippen LogP contribution in [0.25, 0.3) is 0 Å². The number of ether oxygens (including phenoxy) is 1. The summed E-state index contributed by atoms with van der Waals surface area (Å²) in [6, 6.07) is 15.4. The summed E-state index contributed by atoms with van der Waals surface area (Å²) in [6.07, 6.45) is 0.660. The van der Waals surface area contributed by atoms with Crippen LogP contribution in [0.3, 0.4) is 0 Å². The summed E-state index contributed by atoms with van der Waals surface area (Å²) in [4.78, 5) is 25.6. The van der Waals surface area contributed by atoms with Gasteiger partial charge in [0.05, 0.1) is 7.11 Å². The highest BCUT2D eigenvalue weighted by molar-refractivity contribution is 6.10. The average molecular weight is 397 g/mol. The molecule has 2 rings (SSSR count). The van der Waals surface area contributed by atoms with E-state index in [1.54, 1.807) is 21.0 Å². The van der Waals surface area contributed by atoms with Crippen molar-refractivity contribution in [1.82, 2.24) is 5.32 Å². The van der Waals surface area contributed by atoms with Crippen LogP contribution in [0.2, 0.25) is 0 Å². The average Bonchev–Trinajstić information content (AvgIpc) is 2.67. The zero-order valence-electron chi connectivity index (χ0n) is 18.3. The Morgan fingerprint density at radius 1 is 0.931 bits per heavy atom. The summed E-state index contributed by atoms with van der Waals surface area (Å²) in [6.45, 7) is 10.0. The smallest absolute Gasteiger partial charge is 0.239 e. The molecule has 5 nitrogen and oxygen atoms in total. The van der Waals surface area contributed by atoms with Crippen molar-refractivity contribution in [2.75, 3.05) is 19.0 Å². The van der Waals surface area contributed by atoms with Crippen molar-refractivity contribution in [3.8, 4) is 5.75 Å². The minimum atomic E-state index is -1.20. The summed E-state index contributed by atoms with van der Waals surface area (Å²) < 4.78 is 5.22. The second-order valence-electron chi connectivity index (χ2n) is 8.73. The summed E-state index contributed by atoms with van der Waals surface area (Å²) in [5, 5.41) is 5.82. The Kier molecular flexibility index (Phi) is 7.07. The van der Waals surface area contributed by atoms with Gasteiger partial charge in [-0.15, -0.1) is 0 Å². The molecule has 156 valence electrons. The minimum Gasteiger partial charge on any atom is -0.497 e. The van der Waals surface area contributed by atoms with Crippen molar-refractivity contribution in [3.63, 3.8) is 0 Å². The topological polar surface area (TPSA) is 67.4 Å². The van der Waals surface area contributed by atoms with Gasteiger partial charge < -0.3 is 15.4 Å². The maximum absolute atomic E-state index is 12.9. The van der Waals surface area contributed by atoms with E-state index in [1.165, 1.54) is 0 Å². The molecule has 2 amide bonds. The SMILES string of the molecule is COc1cccc(CCNC(=O)C(C)(C)C(=O)Nc2ccccc2C(C)(C)C)c1. The Hall–Kier alpha value is -2.82. The first-order valence-electron chi connectivity index (χ1n) is 9.88. The molecule has 29 heavy (non-hydrogen) atoms. The number of carbonyl (C=O) groups excluding carboxylic acids is 2. The highest BCUT2D eigenvalue weighted by Crippen LogP contribution is 2.30. The molecule has 2 aromatic rings. The molecular weight excluding hydrogens is 364 g/mol. The Labute approximate surface area is 173 Å². The largest absolute Gasteiger partial charge is 0.497 e. The fraction of sp³-hybridized carbons (Fsp3) is 0.417. The van der Waals surface area contributed by atoms with Crippen LogP contribution in [0.15, 0.2) is 48.5 Å². The van der Waals surface area contributed by atoms with Gasteiger partial charge in [0.15, 0.2) is 0 Å². The second-order valence-corrected chi connectivity index (χ2v) is 8.73. The maximum atomic E-state index is 12.9. The monoisotopic (exact) mass is 396 g/mol. The molecule has 5 heteroatoms. The van der Waals surface area contributed by atoms with Crippen LogP contribution >= 0.6 is 0 Å². The van der Waals surface area contributed by atoms with Crippen LogP contribution in [0.5, 0.6) is 5.75 Å². The first-order valence-corrected chi connectivity index (χ1v) is 9.88. The Balaban J connectivity index is 2.00. The minimum absolute atomic E-state index is 0.118. The van der Waals surface area contributed by atoms with Crippen LogP contribution in [0.4, 0.5) is 5.69 Å². The molecular formula is C24H32N2O3. The van der Waals surface area contributed by atoms with Crippen molar-refractivity contribution in [1.29, 1.82) is 0 Å². The Bertz CT molecular complexity index is 866. The number of nitrogens with one attached hydrogen (secondary N) is 2. The van der Waals surface area contributed by atoms with Crippen molar-refractivity contribution in [2.24, 2.45) is 5.41 Å². The van der Waals surface area contributed by atoms with Gasteiger partial charge in [-0.2, -0.15) is 0 Å². The number of methoxy groups -OCH3 is 1. The molecule has 0 saturated heterocycles. The molecule has 0 fully saturated rings. The molecule has 0 bridgehead atoms. The third-order valence-corrected chi connectivity index (χ3v) is 4.95. The first-order chi connectivity index (χ1) is 13.6. The standard InChI is InChI=1S/C24H32N2O3/c1-23(2,3)19-12-7-8-13-20(19)26-22(28)24(4,5)21(27)25-15-14-17-10-9-11-18(16-17)29-6/h7-13,16H,14-15H2,1-6H3,(H,25,27)(H,26,28). The second kappa shape index (κ2) is 9.12. The normalized spacial score (nSPS) is 11.7. The van der Waals surface area contributed by atoms with Crippen molar-refractivity contribution in [3.05, 3.63) is 59.7 Å². The van der Waals surface area contributed by atoms with Gasteiger partial charge in [0.25, 0.3) is 0 Å². The predicted octanol–water partition coefficient (Wildman–Crippen LogP) is 4.32. The molecule has 0 saturated carbocycles. The third-order valence-electron chi connectivity index (χ3n) is 4.95. The number of hydrogen-bond acceptors (Lipinski definition) is 3. The van der Waals surface area contributed by atoms with Crippen LogP contribution in [-0.2, 0) is 21.4 Å². The number of amides is 2. The molecule has 0 aliphatic carbocycles. The van der Waals surface area contributed by atoms with Gasteiger partial charge in [0.2, 0.25) is 11.8 Å². The summed E-state index contributed by atoms with van der Waals surface area (Å²) in [5.74, 6) is 0.158. The number of anilines is 1. The van der Waals surface area contributed by atoms with E-state index in [-0.39, 0.29) is 17.2 Å². The Morgan fingerprint density at radius 2 is 1.62 bits per heavy atom. The van der Waals surface area contributed by atoms with E-state index in [0.717, 1.165) is 22.6 Å². The van der Waals surface area contributed by atoms with E-state index >= 15 is 0 Å². The van der Waals surface area contributed by atoms with E-state index in [0.29, 0.717) is 13.0 Å². The van der Waals surface area contributed by atoms with Gasteiger partial charge in [-0.05, 0) is 55.0 Å². The van der Waals surface area contributed by atoms with Crippen molar-refractivity contribution >= 4 is 17.5 Å². The van der Waals surface area contributed by atoms with Crippen molar-refractivity contribution in [2.45, 2.75) is 46.5 Å². The molecule has 0 spiro atoms. The summed E-state index contributed by atoms with van der Waals surface area (Å²) in [5.41, 5.74) is 1.52. The fourth-order valence-corrected chi connectivity index (χ4v) is 3.00. The Morgan fingerprint density at radius 3 is 2.28 bits per heavy atom. The van der Waals surface area contributed by atoms with E-state index in [1.807, 2.05) is 48.5 Å². The van der Waals surface area contributed by atoms with Gasteiger partial charge in [0.1, 0.15) is 11.2 Å². The zero-order chi connectivity index (χ0) is 21.7. The van der Waals surface area contributed by atoms with E-state index in [2.05, 4.69) is 31.4 Å². The predicted molar refractivity (Wildman–Crippen MR) is 117 cm³/mol. The molecule has 0 aliphatic heterocycles. The lowest BCUT2D eigenvalue weighted by Gasteiger charge is -2.26. The van der Waals surface area contributed by atoms with Gasteiger partial charge in [-0.3, -0.25) is 9.59 Å². The molecule has 2 N–H and O–H groups in total. The summed E-state index contributed by atoms with van der Waals surface area (Å²) in [7, 11) is 1.62. The number of benzene rings is 2. The fourth-order valence-electron chi connectivity index (χ4n) is 3.00. The molecule has 0 heterocycles. The molecule has 0 unspecified atom stereocenters.